The van der Waals surface area contributed by atoms with Crippen LogP contribution in [0.3, 0.4) is 0 Å². The lowest BCUT2D eigenvalue weighted by Gasteiger charge is -2.13. The fourth-order valence-corrected chi connectivity index (χ4v) is 5.57. The van der Waals surface area contributed by atoms with Crippen molar-refractivity contribution in [3.63, 3.8) is 0 Å². The number of rotatable bonds is 4. The van der Waals surface area contributed by atoms with Gasteiger partial charge in [-0.05, 0) is 65.0 Å². The highest BCUT2D eigenvalue weighted by Gasteiger charge is 2.19. The molecule has 0 amide bonds. The number of hydrogen-bond acceptors (Lipinski definition) is 3. The van der Waals surface area contributed by atoms with Gasteiger partial charge in [0, 0.05) is 29.3 Å². The monoisotopic (exact) mass is 491 g/mol. The molecule has 7 aromatic rings. The summed E-state index contributed by atoms with van der Waals surface area (Å²) in [5.74, 6) is 0.998. The highest BCUT2D eigenvalue weighted by atomic mass is 16.3. The summed E-state index contributed by atoms with van der Waals surface area (Å²) in [6, 6.07) is 37.2. The van der Waals surface area contributed by atoms with Crippen LogP contribution >= 0.6 is 0 Å². The predicted molar refractivity (Wildman–Crippen MR) is 156 cm³/mol. The van der Waals surface area contributed by atoms with Gasteiger partial charge >= 0.3 is 0 Å². The zero-order valence-corrected chi connectivity index (χ0v) is 21.0. The summed E-state index contributed by atoms with van der Waals surface area (Å²) in [7, 11) is 0. The number of imidazole rings is 1. The zero-order chi connectivity index (χ0) is 25.6. The molecule has 0 saturated carbocycles. The van der Waals surface area contributed by atoms with Crippen LogP contribution in [0.4, 0.5) is 0 Å². The lowest BCUT2D eigenvalue weighted by atomic mass is 9.92. The molecule has 0 unspecified atom stereocenters. The molecule has 0 spiro atoms. The zero-order valence-electron chi connectivity index (χ0n) is 21.0. The third kappa shape index (κ3) is 3.46. The van der Waals surface area contributed by atoms with E-state index in [1.165, 1.54) is 10.8 Å². The molecule has 0 aliphatic carbocycles. The molecule has 38 heavy (non-hydrogen) atoms. The molecule has 2 heterocycles. The van der Waals surface area contributed by atoms with Crippen LogP contribution in [-0.2, 0) is 6.54 Å². The van der Waals surface area contributed by atoms with Gasteiger partial charge in [-0.1, -0.05) is 72.8 Å². The van der Waals surface area contributed by atoms with Crippen LogP contribution in [0.25, 0.3) is 66.4 Å². The Kier molecular flexibility index (Phi) is 5.19. The molecule has 0 atom stereocenters. The van der Waals surface area contributed by atoms with Crippen LogP contribution < -0.4 is 0 Å². The van der Waals surface area contributed by atoms with Crippen LogP contribution in [0, 0.1) is 0 Å². The largest absolute Gasteiger partial charge is 0.507 e. The Labute approximate surface area is 220 Å². The smallest absolute Gasteiger partial charge is 0.144 e. The van der Waals surface area contributed by atoms with E-state index in [1.807, 2.05) is 24.4 Å². The standard InChI is InChI=1S/C34H25N3O/c1-2-37-30-16-9-15-27(33(30)36-34(37)28-14-7-8-17-31(28)38)29-21-24(20-23-11-4-5-12-25(23)29)32-26-13-6-3-10-22(26)18-19-35-32/h3-21,38H,2H2,1H3. The predicted octanol–water partition coefficient (Wildman–Crippen LogP) is 8.46. The van der Waals surface area contributed by atoms with Crippen LogP contribution in [0.1, 0.15) is 6.92 Å². The summed E-state index contributed by atoms with van der Waals surface area (Å²) in [5.41, 5.74) is 6.91. The van der Waals surface area contributed by atoms with Crippen molar-refractivity contribution in [3.05, 3.63) is 115 Å². The van der Waals surface area contributed by atoms with Crippen molar-refractivity contribution in [1.82, 2.24) is 14.5 Å². The molecule has 4 nitrogen and oxygen atoms in total. The molecule has 182 valence electrons. The van der Waals surface area contributed by atoms with Gasteiger partial charge in [-0.3, -0.25) is 4.98 Å². The van der Waals surface area contributed by atoms with Crippen molar-refractivity contribution in [2.24, 2.45) is 0 Å². The molecule has 2 aromatic heterocycles. The van der Waals surface area contributed by atoms with Gasteiger partial charge < -0.3 is 9.67 Å². The van der Waals surface area contributed by atoms with Crippen molar-refractivity contribution in [1.29, 1.82) is 0 Å². The number of aromatic hydroxyl groups is 1. The maximum atomic E-state index is 10.6. The van der Waals surface area contributed by atoms with Crippen molar-refractivity contribution in [2.45, 2.75) is 13.5 Å². The minimum atomic E-state index is 0.230. The van der Waals surface area contributed by atoms with E-state index in [-0.39, 0.29) is 5.75 Å². The van der Waals surface area contributed by atoms with E-state index in [2.05, 4.69) is 96.4 Å². The molecule has 0 fully saturated rings. The molecule has 0 bridgehead atoms. The van der Waals surface area contributed by atoms with Crippen molar-refractivity contribution >= 4 is 32.6 Å². The van der Waals surface area contributed by atoms with Gasteiger partial charge in [0.2, 0.25) is 0 Å². The number of para-hydroxylation sites is 2. The van der Waals surface area contributed by atoms with Crippen LogP contribution in [0.2, 0.25) is 0 Å². The summed E-state index contributed by atoms with van der Waals surface area (Å²) in [6.07, 6.45) is 1.88. The van der Waals surface area contributed by atoms with Gasteiger partial charge in [-0.15, -0.1) is 0 Å². The Hall–Kier alpha value is -4.96. The molecule has 0 aliphatic rings. The Morgan fingerprint density at radius 1 is 0.684 bits per heavy atom. The molecular formula is C34H25N3O. The molecule has 0 aliphatic heterocycles. The number of hydrogen-bond donors (Lipinski definition) is 1. The summed E-state index contributed by atoms with van der Waals surface area (Å²) in [4.78, 5) is 9.95. The van der Waals surface area contributed by atoms with Gasteiger partial charge in [0.1, 0.15) is 11.6 Å². The number of aromatic nitrogens is 3. The molecule has 4 heteroatoms. The molecule has 0 saturated heterocycles. The second-order valence-corrected chi connectivity index (χ2v) is 9.50. The van der Waals surface area contributed by atoms with E-state index in [1.54, 1.807) is 6.07 Å². The van der Waals surface area contributed by atoms with Gasteiger partial charge in [0.15, 0.2) is 0 Å². The second-order valence-electron chi connectivity index (χ2n) is 9.50. The minimum Gasteiger partial charge on any atom is -0.507 e. The SMILES string of the molecule is CCn1c(-c2ccccc2O)nc2c(-c3cc(-c4nccc5ccccc45)cc4ccccc34)cccc21. The fourth-order valence-electron chi connectivity index (χ4n) is 5.57. The second kappa shape index (κ2) is 8.86. The molecule has 0 radical (unpaired) electrons. The molecular weight excluding hydrogens is 466 g/mol. The normalized spacial score (nSPS) is 11.5. The van der Waals surface area contributed by atoms with Gasteiger partial charge in [0.05, 0.1) is 22.3 Å². The number of fused-ring (bicyclic) bond motifs is 3. The lowest BCUT2D eigenvalue weighted by Crippen LogP contribution is -1.97. The first-order valence-corrected chi connectivity index (χ1v) is 12.9. The van der Waals surface area contributed by atoms with Crippen LogP contribution in [-0.4, -0.2) is 19.6 Å². The Morgan fingerprint density at radius 3 is 2.26 bits per heavy atom. The van der Waals surface area contributed by atoms with Crippen molar-refractivity contribution < 1.29 is 5.11 Å². The lowest BCUT2D eigenvalue weighted by molar-refractivity contribution is 0.476. The number of benzene rings is 5. The summed E-state index contributed by atoms with van der Waals surface area (Å²) >= 11 is 0. The highest BCUT2D eigenvalue weighted by Crippen LogP contribution is 2.40. The Balaban J connectivity index is 1.53. The first-order valence-electron chi connectivity index (χ1n) is 12.9. The van der Waals surface area contributed by atoms with Gasteiger partial charge in [-0.25, -0.2) is 4.98 Å². The number of phenolic OH excluding ortho intramolecular Hbond substituents is 1. The summed E-state index contributed by atoms with van der Waals surface area (Å²) in [5, 5.41) is 15.2. The minimum absolute atomic E-state index is 0.230. The number of phenols is 1. The first-order chi connectivity index (χ1) is 18.7. The van der Waals surface area contributed by atoms with E-state index in [4.69, 9.17) is 9.97 Å². The maximum absolute atomic E-state index is 10.6. The topological polar surface area (TPSA) is 50.9 Å². The third-order valence-electron chi connectivity index (χ3n) is 7.34. The number of pyridine rings is 1. The van der Waals surface area contributed by atoms with Crippen molar-refractivity contribution in [3.8, 4) is 39.5 Å². The van der Waals surface area contributed by atoms with Gasteiger partial charge in [0.25, 0.3) is 0 Å². The number of aryl methyl sites for hydroxylation is 1. The third-order valence-corrected chi connectivity index (χ3v) is 7.34. The van der Waals surface area contributed by atoms with Crippen LogP contribution in [0.5, 0.6) is 5.75 Å². The number of nitrogens with zero attached hydrogens (tertiary/aromatic N) is 3. The molecule has 5 aromatic carbocycles. The Morgan fingerprint density at radius 2 is 1.42 bits per heavy atom. The van der Waals surface area contributed by atoms with E-state index < -0.39 is 0 Å². The Bertz CT molecular complexity index is 1980. The average Bonchev–Trinajstić information content (AvgIpc) is 3.35. The van der Waals surface area contributed by atoms with E-state index in [0.29, 0.717) is 0 Å². The summed E-state index contributed by atoms with van der Waals surface area (Å²) < 4.78 is 2.17. The van der Waals surface area contributed by atoms with Crippen LogP contribution in [0.15, 0.2) is 115 Å². The quantitative estimate of drug-likeness (QED) is 0.269. The highest BCUT2D eigenvalue weighted by molar-refractivity contribution is 6.07. The van der Waals surface area contributed by atoms with E-state index in [0.717, 1.165) is 62.1 Å². The fraction of sp³-hybridized carbons (Fsp3) is 0.0588. The maximum Gasteiger partial charge on any atom is 0.144 e. The molecule has 7 rings (SSSR count). The average molecular weight is 492 g/mol. The van der Waals surface area contributed by atoms with E-state index in [9.17, 15) is 5.11 Å². The van der Waals surface area contributed by atoms with Gasteiger partial charge in [-0.2, -0.15) is 0 Å². The van der Waals surface area contributed by atoms with Crippen molar-refractivity contribution in [2.75, 3.05) is 0 Å². The first kappa shape index (κ1) is 22.3. The molecule has 1 N–H and O–H groups in total. The summed E-state index contributed by atoms with van der Waals surface area (Å²) in [6.45, 7) is 2.85. The van der Waals surface area contributed by atoms with E-state index >= 15 is 0 Å².